The van der Waals surface area contributed by atoms with Crippen molar-refractivity contribution in [3.63, 3.8) is 0 Å². The Hall–Kier alpha value is -1.07. The van der Waals surface area contributed by atoms with E-state index in [2.05, 4.69) is 6.92 Å². The van der Waals surface area contributed by atoms with Crippen molar-refractivity contribution in [3.05, 3.63) is 24.3 Å². The third-order valence-electron chi connectivity index (χ3n) is 3.22. The van der Waals surface area contributed by atoms with Gasteiger partial charge in [0.1, 0.15) is 5.75 Å². The first kappa shape index (κ1) is 14.3. The lowest BCUT2D eigenvalue weighted by molar-refractivity contribution is 0.242. The second-order valence-electron chi connectivity index (χ2n) is 5.39. The zero-order valence-electron chi connectivity index (χ0n) is 11.7. The number of sulfonamides is 1. The van der Waals surface area contributed by atoms with Gasteiger partial charge in [-0.3, -0.25) is 0 Å². The topological polar surface area (TPSA) is 46.6 Å². The number of benzene rings is 1. The molecule has 0 radical (unpaired) electrons. The molecule has 1 heterocycles. The Kier molecular flexibility index (Phi) is 4.16. The lowest BCUT2D eigenvalue weighted by Gasteiger charge is -2.16. The first-order chi connectivity index (χ1) is 8.89. The van der Waals surface area contributed by atoms with E-state index in [-0.39, 0.29) is 6.10 Å². The summed E-state index contributed by atoms with van der Waals surface area (Å²) in [7, 11) is -3.34. The molecule has 1 aliphatic heterocycles. The van der Waals surface area contributed by atoms with Crippen molar-refractivity contribution in [1.82, 2.24) is 4.31 Å². The molecular formula is C14H21NO3S. The van der Waals surface area contributed by atoms with Crippen LogP contribution in [0.4, 0.5) is 0 Å². The molecule has 1 aliphatic rings. The summed E-state index contributed by atoms with van der Waals surface area (Å²) in [6.45, 7) is 7.20. The van der Waals surface area contributed by atoms with Gasteiger partial charge in [-0.1, -0.05) is 6.92 Å². The molecule has 5 heteroatoms. The zero-order chi connectivity index (χ0) is 14.0. The van der Waals surface area contributed by atoms with Crippen LogP contribution in [0.5, 0.6) is 5.75 Å². The molecule has 0 N–H and O–H groups in total. The lowest BCUT2D eigenvalue weighted by atomic mass is 10.2. The van der Waals surface area contributed by atoms with Crippen molar-refractivity contribution >= 4 is 10.0 Å². The summed E-state index contributed by atoms with van der Waals surface area (Å²) in [6, 6.07) is 6.67. The van der Waals surface area contributed by atoms with E-state index in [1.807, 2.05) is 13.8 Å². The van der Waals surface area contributed by atoms with Crippen LogP contribution in [0.3, 0.4) is 0 Å². The summed E-state index contributed by atoms with van der Waals surface area (Å²) >= 11 is 0. The van der Waals surface area contributed by atoms with Crippen molar-refractivity contribution in [1.29, 1.82) is 0 Å². The van der Waals surface area contributed by atoms with E-state index in [0.29, 0.717) is 29.7 Å². The Balaban J connectivity index is 2.17. The fourth-order valence-electron chi connectivity index (χ4n) is 2.22. The zero-order valence-corrected chi connectivity index (χ0v) is 12.5. The molecule has 0 saturated carbocycles. The highest BCUT2D eigenvalue weighted by Gasteiger charge is 2.30. The molecule has 0 spiro atoms. The van der Waals surface area contributed by atoms with E-state index >= 15 is 0 Å². The minimum atomic E-state index is -3.34. The third-order valence-corrected chi connectivity index (χ3v) is 5.10. The molecule has 1 aromatic carbocycles. The summed E-state index contributed by atoms with van der Waals surface area (Å²) in [5.74, 6) is 1.14. The molecule has 2 rings (SSSR count). The highest BCUT2D eigenvalue weighted by Crippen LogP contribution is 2.25. The molecule has 1 aromatic rings. The summed E-state index contributed by atoms with van der Waals surface area (Å²) in [4.78, 5) is 0.345. The molecule has 1 fully saturated rings. The quantitative estimate of drug-likeness (QED) is 0.853. The van der Waals surface area contributed by atoms with E-state index < -0.39 is 10.0 Å². The molecule has 106 valence electrons. The van der Waals surface area contributed by atoms with Gasteiger partial charge < -0.3 is 4.74 Å². The Labute approximate surface area is 115 Å². The number of hydrogen-bond donors (Lipinski definition) is 0. The minimum Gasteiger partial charge on any atom is -0.491 e. The molecule has 1 saturated heterocycles. The molecule has 0 aromatic heterocycles. The maximum Gasteiger partial charge on any atom is 0.243 e. The van der Waals surface area contributed by atoms with Crippen LogP contribution in [0.25, 0.3) is 0 Å². The maximum absolute atomic E-state index is 12.4. The smallest absolute Gasteiger partial charge is 0.243 e. The fourth-order valence-corrected chi connectivity index (χ4v) is 3.80. The highest BCUT2D eigenvalue weighted by atomic mass is 32.2. The van der Waals surface area contributed by atoms with E-state index in [9.17, 15) is 8.42 Å². The predicted octanol–water partition coefficient (Wildman–Crippen LogP) is 2.50. The third kappa shape index (κ3) is 3.28. The first-order valence-corrected chi connectivity index (χ1v) is 8.10. The highest BCUT2D eigenvalue weighted by molar-refractivity contribution is 7.89. The molecule has 4 nitrogen and oxygen atoms in total. The first-order valence-electron chi connectivity index (χ1n) is 6.66. The number of nitrogens with zero attached hydrogens (tertiary/aromatic N) is 1. The van der Waals surface area contributed by atoms with Gasteiger partial charge in [-0.15, -0.1) is 0 Å². The Bertz CT molecular complexity index is 522. The average Bonchev–Trinajstić information content (AvgIpc) is 2.76. The van der Waals surface area contributed by atoms with E-state index in [1.165, 1.54) is 0 Å². The van der Waals surface area contributed by atoms with Gasteiger partial charge in [0.05, 0.1) is 11.0 Å². The van der Waals surface area contributed by atoms with Crippen LogP contribution in [0, 0.1) is 5.92 Å². The molecule has 0 amide bonds. The maximum atomic E-state index is 12.4. The van der Waals surface area contributed by atoms with Gasteiger partial charge in [0.25, 0.3) is 0 Å². The molecule has 0 aliphatic carbocycles. The fraction of sp³-hybridized carbons (Fsp3) is 0.571. The van der Waals surface area contributed by atoms with Crippen LogP contribution in [0.1, 0.15) is 27.2 Å². The predicted molar refractivity (Wildman–Crippen MR) is 74.7 cm³/mol. The van der Waals surface area contributed by atoms with Gasteiger partial charge in [-0.2, -0.15) is 4.31 Å². The second kappa shape index (κ2) is 5.51. The van der Waals surface area contributed by atoms with Crippen LogP contribution >= 0.6 is 0 Å². The number of rotatable bonds is 4. The summed E-state index contributed by atoms with van der Waals surface area (Å²) in [5.41, 5.74) is 0. The normalized spacial score (nSPS) is 20.9. The molecule has 0 bridgehead atoms. The van der Waals surface area contributed by atoms with Crippen LogP contribution in [-0.2, 0) is 10.0 Å². The van der Waals surface area contributed by atoms with Crippen molar-refractivity contribution in [2.75, 3.05) is 13.1 Å². The van der Waals surface area contributed by atoms with E-state index in [4.69, 9.17) is 4.74 Å². The average molecular weight is 283 g/mol. The lowest BCUT2D eigenvalue weighted by Crippen LogP contribution is -2.28. The minimum absolute atomic E-state index is 0.0851. The van der Waals surface area contributed by atoms with E-state index in [1.54, 1.807) is 28.6 Å². The van der Waals surface area contributed by atoms with Crippen LogP contribution in [0.2, 0.25) is 0 Å². The van der Waals surface area contributed by atoms with Gasteiger partial charge in [-0.25, -0.2) is 8.42 Å². The van der Waals surface area contributed by atoms with Crippen LogP contribution in [-0.4, -0.2) is 31.9 Å². The standard InChI is InChI=1S/C14H21NO3S/c1-11(2)18-13-4-6-14(7-5-13)19(16,17)15-9-8-12(3)10-15/h4-7,11-12H,8-10H2,1-3H3/t12-/m0/s1. The van der Waals surface area contributed by atoms with Crippen molar-refractivity contribution in [3.8, 4) is 5.75 Å². The molecular weight excluding hydrogens is 262 g/mol. The largest absolute Gasteiger partial charge is 0.491 e. The van der Waals surface area contributed by atoms with Crippen molar-refractivity contribution in [2.45, 2.75) is 38.2 Å². The summed E-state index contributed by atoms with van der Waals surface area (Å²) < 4.78 is 31.9. The Morgan fingerprint density at radius 1 is 1.26 bits per heavy atom. The van der Waals surface area contributed by atoms with Gasteiger partial charge >= 0.3 is 0 Å². The molecule has 19 heavy (non-hydrogen) atoms. The van der Waals surface area contributed by atoms with Gasteiger partial charge in [0.2, 0.25) is 10.0 Å². The second-order valence-corrected chi connectivity index (χ2v) is 7.33. The summed E-state index contributed by atoms with van der Waals surface area (Å²) in [6.07, 6.45) is 1.02. The van der Waals surface area contributed by atoms with Gasteiger partial charge in [-0.05, 0) is 50.5 Å². The van der Waals surface area contributed by atoms with Crippen molar-refractivity contribution in [2.24, 2.45) is 5.92 Å². The number of ether oxygens (including phenoxy) is 1. The molecule has 1 atom stereocenters. The Morgan fingerprint density at radius 2 is 1.89 bits per heavy atom. The van der Waals surface area contributed by atoms with Crippen LogP contribution < -0.4 is 4.74 Å². The van der Waals surface area contributed by atoms with Crippen molar-refractivity contribution < 1.29 is 13.2 Å². The van der Waals surface area contributed by atoms with Crippen LogP contribution in [0.15, 0.2) is 29.2 Å². The number of hydrogen-bond acceptors (Lipinski definition) is 3. The van der Waals surface area contributed by atoms with Gasteiger partial charge in [0, 0.05) is 13.1 Å². The Morgan fingerprint density at radius 3 is 2.37 bits per heavy atom. The van der Waals surface area contributed by atoms with Gasteiger partial charge in [0.15, 0.2) is 0 Å². The van der Waals surface area contributed by atoms with E-state index in [0.717, 1.165) is 6.42 Å². The monoisotopic (exact) mass is 283 g/mol. The molecule has 0 unspecified atom stereocenters. The summed E-state index contributed by atoms with van der Waals surface area (Å²) in [5, 5.41) is 0. The SMILES string of the molecule is CC(C)Oc1ccc(S(=O)(=O)N2CC[C@H](C)C2)cc1.